The Balaban J connectivity index is 1.71. The van der Waals surface area contributed by atoms with Crippen molar-refractivity contribution in [2.75, 3.05) is 0 Å². The number of hydrogen-bond acceptors (Lipinski definition) is 2. The molecule has 0 spiro atoms. The van der Waals surface area contributed by atoms with Crippen LogP contribution in [-0.2, 0) is 6.54 Å². The molecule has 20 heavy (non-hydrogen) atoms. The molecule has 1 aromatic heterocycles. The largest absolute Gasteiger partial charge is 0.310 e. The molecule has 2 atom stereocenters. The fraction of sp³-hybridized carbons (Fsp3) is 0.500. The fourth-order valence-corrected chi connectivity index (χ4v) is 3.68. The van der Waals surface area contributed by atoms with Crippen molar-refractivity contribution < 1.29 is 0 Å². The molecule has 0 bridgehead atoms. The summed E-state index contributed by atoms with van der Waals surface area (Å²) in [5, 5.41) is 4.98. The van der Waals surface area contributed by atoms with E-state index in [9.17, 15) is 0 Å². The van der Waals surface area contributed by atoms with Crippen molar-refractivity contribution in [3.63, 3.8) is 0 Å². The number of hydrogen-bond donors (Lipinski definition) is 1. The lowest BCUT2D eigenvalue weighted by molar-refractivity contribution is 0.238. The van der Waals surface area contributed by atoms with Crippen molar-refractivity contribution in [1.82, 2.24) is 10.3 Å². The van der Waals surface area contributed by atoms with Gasteiger partial charge in [-0.3, -0.25) is 4.98 Å². The molecule has 2 nitrogen and oxygen atoms in total. The van der Waals surface area contributed by atoms with Crippen LogP contribution in [0.4, 0.5) is 0 Å². The van der Waals surface area contributed by atoms with Gasteiger partial charge in [0.05, 0.1) is 5.52 Å². The summed E-state index contributed by atoms with van der Waals surface area (Å²) in [6, 6.07) is 11.3. The van der Waals surface area contributed by atoms with Crippen molar-refractivity contribution in [3.05, 3.63) is 42.1 Å². The minimum absolute atomic E-state index is 0.660. The minimum atomic E-state index is 0.660. The van der Waals surface area contributed by atoms with Gasteiger partial charge in [0.15, 0.2) is 0 Å². The number of nitrogens with zero attached hydrogens (tertiary/aromatic N) is 1. The zero-order valence-corrected chi connectivity index (χ0v) is 12.5. The second-order valence-electron chi connectivity index (χ2n) is 6.49. The van der Waals surface area contributed by atoms with Crippen LogP contribution in [0.5, 0.6) is 0 Å². The summed E-state index contributed by atoms with van der Waals surface area (Å²) in [5.41, 5.74) is 2.45. The average molecular weight is 268 g/mol. The molecule has 0 saturated heterocycles. The molecule has 3 rings (SSSR count). The van der Waals surface area contributed by atoms with E-state index in [1.807, 2.05) is 12.3 Å². The summed E-state index contributed by atoms with van der Waals surface area (Å²) >= 11 is 0. The number of aromatic nitrogens is 1. The first-order valence-electron chi connectivity index (χ1n) is 7.78. The average Bonchev–Trinajstić information content (AvgIpc) is 2.44. The topological polar surface area (TPSA) is 24.9 Å². The Morgan fingerprint density at radius 1 is 1.05 bits per heavy atom. The first kappa shape index (κ1) is 13.6. The van der Waals surface area contributed by atoms with Crippen molar-refractivity contribution in [2.24, 2.45) is 11.8 Å². The smallest absolute Gasteiger partial charge is 0.0746 e. The minimum Gasteiger partial charge on any atom is -0.310 e. The maximum atomic E-state index is 4.53. The molecule has 1 aromatic carbocycles. The summed E-state index contributed by atoms with van der Waals surface area (Å²) in [6.45, 7) is 5.69. The molecule has 1 aliphatic rings. The molecular formula is C18H24N2. The number of rotatable bonds is 3. The molecule has 0 aliphatic heterocycles. The summed E-state index contributed by atoms with van der Waals surface area (Å²) in [5.74, 6) is 1.70. The lowest BCUT2D eigenvalue weighted by Gasteiger charge is -2.32. The van der Waals surface area contributed by atoms with Gasteiger partial charge >= 0.3 is 0 Å². The van der Waals surface area contributed by atoms with Gasteiger partial charge in [-0.2, -0.15) is 0 Å². The third kappa shape index (κ3) is 3.01. The van der Waals surface area contributed by atoms with Gasteiger partial charge in [-0.1, -0.05) is 38.1 Å². The first-order chi connectivity index (χ1) is 9.72. The predicted octanol–water partition coefficient (Wildman–Crippen LogP) is 4.15. The van der Waals surface area contributed by atoms with E-state index in [1.54, 1.807) is 0 Å². The number of nitrogens with one attached hydrogen (secondary N) is 1. The predicted molar refractivity (Wildman–Crippen MR) is 84.5 cm³/mol. The summed E-state index contributed by atoms with van der Waals surface area (Å²) in [6.07, 6.45) is 5.88. The molecule has 1 aliphatic carbocycles. The zero-order valence-electron chi connectivity index (χ0n) is 12.5. The van der Waals surface area contributed by atoms with Gasteiger partial charge in [0.1, 0.15) is 0 Å². The second kappa shape index (κ2) is 5.92. The molecule has 1 fully saturated rings. The number of fused-ring (bicyclic) bond motifs is 1. The summed E-state index contributed by atoms with van der Waals surface area (Å²) < 4.78 is 0. The highest BCUT2D eigenvalue weighted by molar-refractivity contribution is 5.81. The lowest BCUT2D eigenvalue weighted by atomic mass is 9.80. The molecule has 1 heterocycles. The number of para-hydroxylation sites is 1. The molecule has 2 unspecified atom stereocenters. The lowest BCUT2D eigenvalue weighted by Crippen LogP contribution is -2.35. The van der Waals surface area contributed by atoms with Gasteiger partial charge in [0.25, 0.3) is 0 Å². The van der Waals surface area contributed by atoms with Gasteiger partial charge in [0.2, 0.25) is 0 Å². The Bertz CT molecular complexity index is 563. The quantitative estimate of drug-likeness (QED) is 0.904. The van der Waals surface area contributed by atoms with Crippen molar-refractivity contribution >= 4 is 10.9 Å². The summed E-state index contributed by atoms with van der Waals surface area (Å²) in [4.78, 5) is 4.53. The second-order valence-corrected chi connectivity index (χ2v) is 6.49. The Hall–Kier alpha value is -1.41. The van der Waals surface area contributed by atoms with E-state index in [0.717, 1.165) is 23.9 Å². The highest BCUT2D eigenvalue weighted by Gasteiger charge is 2.23. The fourth-order valence-electron chi connectivity index (χ4n) is 3.68. The van der Waals surface area contributed by atoms with Crippen LogP contribution in [0.25, 0.3) is 10.9 Å². The Labute approximate surface area is 121 Å². The van der Waals surface area contributed by atoms with Crippen LogP contribution in [0.1, 0.15) is 38.7 Å². The monoisotopic (exact) mass is 268 g/mol. The van der Waals surface area contributed by atoms with E-state index in [4.69, 9.17) is 0 Å². The van der Waals surface area contributed by atoms with Gasteiger partial charge in [-0.25, -0.2) is 0 Å². The van der Waals surface area contributed by atoms with E-state index >= 15 is 0 Å². The zero-order chi connectivity index (χ0) is 13.9. The third-order valence-electron chi connectivity index (χ3n) is 4.48. The van der Waals surface area contributed by atoms with E-state index in [-0.39, 0.29) is 0 Å². The molecule has 0 amide bonds. The maximum Gasteiger partial charge on any atom is 0.0746 e. The molecule has 1 N–H and O–H groups in total. The van der Waals surface area contributed by atoms with Gasteiger partial charge in [0, 0.05) is 24.2 Å². The van der Waals surface area contributed by atoms with E-state index in [2.05, 4.69) is 48.4 Å². The van der Waals surface area contributed by atoms with Crippen molar-refractivity contribution in [2.45, 2.75) is 45.7 Å². The number of pyridine rings is 1. The van der Waals surface area contributed by atoms with Crippen LogP contribution in [0.15, 0.2) is 36.5 Å². The molecule has 0 radical (unpaired) electrons. The van der Waals surface area contributed by atoms with Crippen LogP contribution < -0.4 is 5.32 Å². The van der Waals surface area contributed by atoms with Crippen LogP contribution in [-0.4, -0.2) is 11.0 Å². The van der Waals surface area contributed by atoms with Crippen LogP contribution in [0.2, 0.25) is 0 Å². The molecule has 1 saturated carbocycles. The Morgan fingerprint density at radius 3 is 2.60 bits per heavy atom. The van der Waals surface area contributed by atoms with Gasteiger partial charge in [-0.15, -0.1) is 0 Å². The van der Waals surface area contributed by atoms with Crippen molar-refractivity contribution in [3.8, 4) is 0 Å². The standard InChI is InChI=1S/C18H24N2/c1-13-9-14(2)11-17(10-13)20-12-16-6-3-5-15-7-4-8-19-18(15)16/h3-8,13-14,17,20H,9-12H2,1-2H3. The molecular weight excluding hydrogens is 244 g/mol. The van der Waals surface area contributed by atoms with E-state index < -0.39 is 0 Å². The highest BCUT2D eigenvalue weighted by atomic mass is 14.9. The van der Waals surface area contributed by atoms with Gasteiger partial charge < -0.3 is 5.32 Å². The molecule has 2 aromatic rings. The number of benzene rings is 1. The van der Waals surface area contributed by atoms with E-state index in [0.29, 0.717) is 6.04 Å². The van der Waals surface area contributed by atoms with Crippen LogP contribution >= 0.6 is 0 Å². The SMILES string of the molecule is CC1CC(C)CC(NCc2cccc3cccnc23)C1. The normalized spacial score (nSPS) is 26.8. The Kier molecular flexibility index (Phi) is 4.02. The molecule has 106 valence electrons. The molecule has 2 heteroatoms. The Morgan fingerprint density at radius 2 is 1.80 bits per heavy atom. The van der Waals surface area contributed by atoms with Gasteiger partial charge in [-0.05, 0) is 42.7 Å². The summed E-state index contributed by atoms with van der Waals surface area (Å²) in [7, 11) is 0. The van der Waals surface area contributed by atoms with Crippen LogP contribution in [0.3, 0.4) is 0 Å². The van der Waals surface area contributed by atoms with E-state index in [1.165, 1.54) is 30.2 Å². The van der Waals surface area contributed by atoms with Crippen molar-refractivity contribution in [1.29, 1.82) is 0 Å². The first-order valence-corrected chi connectivity index (χ1v) is 7.78. The third-order valence-corrected chi connectivity index (χ3v) is 4.48. The maximum absolute atomic E-state index is 4.53. The highest BCUT2D eigenvalue weighted by Crippen LogP contribution is 2.28. The van der Waals surface area contributed by atoms with Crippen LogP contribution in [0, 0.1) is 11.8 Å².